The molecule has 0 saturated carbocycles. The van der Waals surface area contributed by atoms with Crippen LogP contribution < -0.4 is 10.6 Å². The Bertz CT molecular complexity index is 1840. The highest BCUT2D eigenvalue weighted by molar-refractivity contribution is 5.83. The topological polar surface area (TPSA) is 109 Å². The number of methoxy groups -OCH3 is 1. The number of unbranched alkanes of at least 4 members (excludes halogenated alkanes) is 10. The lowest BCUT2D eigenvalue weighted by molar-refractivity contribution is -0.253. The van der Waals surface area contributed by atoms with Gasteiger partial charge in [-0.1, -0.05) is 169 Å². The Morgan fingerprint density at radius 2 is 1.33 bits per heavy atom. The Kier molecular flexibility index (Phi) is 20.8. The lowest BCUT2D eigenvalue weighted by atomic mass is 9.98. The summed E-state index contributed by atoms with van der Waals surface area (Å²) < 4.78 is 18.7. The number of hydrogen-bond acceptors (Lipinski definition) is 7. The van der Waals surface area contributed by atoms with Crippen molar-refractivity contribution in [3.8, 4) is 11.1 Å². The average molecular weight is 834 g/mol. The number of urea groups is 1. The zero-order valence-corrected chi connectivity index (χ0v) is 37.0. The van der Waals surface area contributed by atoms with Crippen LogP contribution in [0, 0.1) is 0 Å². The molecule has 0 unspecified atom stereocenters. The number of aliphatic hydroxyl groups excluding tert-OH is 1. The number of aliphatic hydroxyl groups is 1. The first-order valence-corrected chi connectivity index (χ1v) is 23.0. The Hall–Kier alpha value is -4.54. The zero-order chi connectivity index (χ0) is 43.1. The fourth-order valence-corrected chi connectivity index (χ4v) is 8.15. The molecule has 5 rings (SSSR count). The summed E-state index contributed by atoms with van der Waals surface area (Å²) >= 11 is 0. The molecule has 0 aromatic heterocycles. The van der Waals surface area contributed by atoms with Crippen LogP contribution in [0.15, 0.2) is 103 Å². The van der Waals surface area contributed by atoms with Gasteiger partial charge in [-0.15, -0.1) is 0 Å². The number of rotatable bonds is 26. The standard InChI is InChI=1S/C52H71N3O6/c1-4-6-8-10-12-17-31-55(32-18-13-11-9-7-5-2)38-47-36-49(43-29-27-41(39-56)28-30-43)61-51(60-47)46-26-20-25-45(35-46)44-24-19-23-42(33-44)37-53-52(58)54-48(50(57)59-3)34-40-21-15-14-16-22-40/h14-16,19-30,33,35,47-49,51,56H,4-13,17-18,31-32,34,36-39H2,1-3H3,(H2,53,54,58)/t47-,48-,49+,51+/m0/s1. The minimum Gasteiger partial charge on any atom is -0.467 e. The van der Waals surface area contributed by atoms with E-state index in [0.717, 1.165) is 65.0 Å². The predicted molar refractivity (Wildman–Crippen MR) is 245 cm³/mol. The van der Waals surface area contributed by atoms with Crippen LogP contribution in [0.3, 0.4) is 0 Å². The molecule has 1 saturated heterocycles. The van der Waals surface area contributed by atoms with Crippen LogP contribution in [0.4, 0.5) is 4.79 Å². The van der Waals surface area contributed by atoms with E-state index in [1.807, 2.05) is 60.7 Å². The number of nitrogens with one attached hydrogen (secondary N) is 2. The molecule has 61 heavy (non-hydrogen) atoms. The number of nitrogens with zero attached hydrogens (tertiary/aromatic N) is 1. The quantitative estimate of drug-likeness (QED) is 0.0427. The van der Waals surface area contributed by atoms with Gasteiger partial charge in [0.25, 0.3) is 0 Å². The number of hydrogen-bond donors (Lipinski definition) is 3. The summed E-state index contributed by atoms with van der Waals surface area (Å²) in [4.78, 5) is 28.1. The lowest BCUT2D eigenvalue weighted by Gasteiger charge is -2.38. The van der Waals surface area contributed by atoms with E-state index in [0.29, 0.717) is 6.42 Å². The third-order valence-corrected chi connectivity index (χ3v) is 11.7. The lowest BCUT2D eigenvalue weighted by Crippen LogP contribution is -2.47. The molecule has 0 aliphatic carbocycles. The van der Waals surface area contributed by atoms with Gasteiger partial charge in [-0.25, -0.2) is 9.59 Å². The van der Waals surface area contributed by atoms with Crippen molar-refractivity contribution in [1.29, 1.82) is 0 Å². The molecule has 1 aliphatic heterocycles. The summed E-state index contributed by atoms with van der Waals surface area (Å²) in [7, 11) is 1.32. The van der Waals surface area contributed by atoms with Gasteiger partial charge < -0.3 is 34.9 Å². The van der Waals surface area contributed by atoms with Gasteiger partial charge in [-0.2, -0.15) is 0 Å². The third-order valence-electron chi connectivity index (χ3n) is 11.7. The van der Waals surface area contributed by atoms with Crippen molar-refractivity contribution in [1.82, 2.24) is 15.5 Å². The molecule has 1 fully saturated rings. The van der Waals surface area contributed by atoms with E-state index in [1.54, 1.807) is 0 Å². The highest BCUT2D eigenvalue weighted by Crippen LogP contribution is 2.39. The van der Waals surface area contributed by atoms with Crippen LogP contribution >= 0.6 is 0 Å². The van der Waals surface area contributed by atoms with Crippen LogP contribution in [-0.4, -0.2) is 60.9 Å². The highest BCUT2D eigenvalue weighted by Gasteiger charge is 2.33. The molecule has 9 nitrogen and oxygen atoms in total. The predicted octanol–water partition coefficient (Wildman–Crippen LogP) is 11.0. The molecule has 0 bridgehead atoms. The molecule has 4 aromatic rings. The van der Waals surface area contributed by atoms with E-state index in [4.69, 9.17) is 14.2 Å². The number of esters is 1. The molecule has 4 atom stereocenters. The minimum absolute atomic E-state index is 0.00782. The molecule has 2 amide bonds. The van der Waals surface area contributed by atoms with Gasteiger partial charge >= 0.3 is 12.0 Å². The van der Waals surface area contributed by atoms with Crippen molar-refractivity contribution in [3.05, 3.63) is 131 Å². The van der Waals surface area contributed by atoms with Crippen LogP contribution in [0.2, 0.25) is 0 Å². The number of carbonyl (C=O) groups is 2. The zero-order valence-electron chi connectivity index (χ0n) is 37.0. The first kappa shape index (κ1) is 47.5. The number of carbonyl (C=O) groups excluding carboxylic acids is 2. The number of benzene rings is 4. The summed E-state index contributed by atoms with van der Waals surface area (Å²) in [6.45, 7) is 7.87. The summed E-state index contributed by atoms with van der Waals surface area (Å²) in [5, 5.41) is 15.4. The van der Waals surface area contributed by atoms with Crippen molar-refractivity contribution < 1.29 is 28.9 Å². The van der Waals surface area contributed by atoms with Crippen LogP contribution in [-0.2, 0) is 38.6 Å². The first-order valence-electron chi connectivity index (χ1n) is 23.0. The Labute approximate surface area is 365 Å². The van der Waals surface area contributed by atoms with E-state index >= 15 is 0 Å². The third kappa shape index (κ3) is 16.4. The molecule has 1 heterocycles. The monoisotopic (exact) mass is 834 g/mol. The van der Waals surface area contributed by atoms with E-state index in [9.17, 15) is 14.7 Å². The van der Waals surface area contributed by atoms with Crippen LogP contribution in [0.5, 0.6) is 0 Å². The van der Waals surface area contributed by atoms with Gasteiger partial charge in [0.15, 0.2) is 6.29 Å². The second-order valence-corrected chi connectivity index (χ2v) is 16.6. The van der Waals surface area contributed by atoms with Crippen LogP contribution in [0.1, 0.15) is 138 Å². The van der Waals surface area contributed by atoms with E-state index in [1.165, 1.54) is 84.2 Å². The highest BCUT2D eigenvalue weighted by atomic mass is 16.7. The second kappa shape index (κ2) is 26.7. The SMILES string of the molecule is CCCCCCCCN(CCCCCCCC)C[C@@H]1C[C@H](c2ccc(CO)cc2)O[C@H](c2cccc(-c3cccc(CNC(=O)N[C@@H](Cc4ccccc4)C(=O)OC)c3)c2)O1. The smallest absolute Gasteiger partial charge is 0.328 e. The average Bonchev–Trinajstić information content (AvgIpc) is 3.30. The molecule has 330 valence electrons. The van der Waals surface area contributed by atoms with E-state index in [2.05, 4.69) is 71.8 Å². The summed E-state index contributed by atoms with van der Waals surface area (Å²) in [6, 6.07) is 32.9. The van der Waals surface area contributed by atoms with Crippen molar-refractivity contribution in [2.24, 2.45) is 0 Å². The summed E-state index contributed by atoms with van der Waals surface area (Å²) in [6.07, 6.45) is 15.7. The molecule has 3 N–H and O–H groups in total. The molecule has 0 radical (unpaired) electrons. The van der Waals surface area contributed by atoms with Crippen molar-refractivity contribution in [2.45, 2.75) is 141 Å². The summed E-state index contributed by atoms with van der Waals surface area (Å²) in [5.74, 6) is -0.497. The normalized spacial score (nSPS) is 16.9. The molecular formula is C52H71N3O6. The Balaban J connectivity index is 1.28. The van der Waals surface area contributed by atoms with Crippen molar-refractivity contribution >= 4 is 12.0 Å². The maximum Gasteiger partial charge on any atom is 0.328 e. The number of amides is 2. The maximum absolute atomic E-state index is 13.0. The van der Waals surface area contributed by atoms with Gasteiger partial charge in [0, 0.05) is 31.5 Å². The second-order valence-electron chi connectivity index (χ2n) is 16.6. The Morgan fingerprint density at radius 1 is 0.705 bits per heavy atom. The van der Waals surface area contributed by atoms with E-state index in [-0.39, 0.29) is 25.4 Å². The number of ether oxygens (including phenoxy) is 3. The van der Waals surface area contributed by atoms with Gasteiger partial charge in [0.1, 0.15) is 6.04 Å². The van der Waals surface area contributed by atoms with Crippen LogP contribution in [0.25, 0.3) is 11.1 Å². The molecule has 4 aromatic carbocycles. The van der Waals surface area contributed by atoms with Gasteiger partial charge in [0.2, 0.25) is 0 Å². The fourth-order valence-electron chi connectivity index (χ4n) is 8.15. The molecule has 1 aliphatic rings. The van der Waals surface area contributed by atoms with Gasteiger partial charge in [-0.3, -0.25) is 0 Å². The van der Waals surface area contributed by atoms with Crippen molar-refractivity contribution in [3.63, 3.8) is 0 Å². The fraction of sp³-hybridized carbons (Fsp3) is 0.500. The van der Waals surface area contributed by atoms with Gasteiger partial charge in [-0.05, 0) is 71.4 Å². The maximum atomic E-state index is 13.0. The van der Waals surface area contributed by atoms with Crippen molar-refractivity contribution in [2.75, 3.05) is 26.7 Å². The Morgan fingerprint density at radius 3 is 1.98 bits per heavy atom. The van der Waals surface area contributed by atoms with Gasteiger partial charge in [0.05, 0.1) is 25.9 Å². The molecular weight excluding hydrogens is 763 g/mol. The molecule has 9 heteroatoms. The minimum atomic E-state index is -0.812. The molecule has 0 spiro atoms. The summed E-state index contributed by atoms with van der Waals surface area (Å²) in [5.41, 5.74) is 6.79. The largest absolute Gasteiger partial charge is 0.467 e. The first-order chi connectivity index (χ1) is 29.9. The van der Waals surface area contributed by atoms with E-state index < -0.39 is 24.3 Å².